The lowest BCUT2D eigenvalue weighted by Gasteiger charge is -2.11. The van der Waals surface area contributed by atoms with Gasteiger partial charge in [-0.2, -0.15) is 0 Å². The predicted octanol–water partition coefficient (Wildman–Crippen LogP) is 0.903. The van der Waals surface area contributed by atoms with Gasteiger partial charge in [0.05, 0.1) is 0 Å². The van der Waals surface area contributed by atoms with Gasteiger partial charge in [0.15, 0.2) is 6.10 Å². The van der Waals surface area contributed by atoms with Crippen LogP contribution in [0.4, 0.5) is 0 Å². The first kappa shape index (κ1) is 11.4. The third kappa shape index (κ3) is 5.09. The molecule has 0 bridgehead atoms. The highest BCUT2D eigenvalue weighted by Crippen LogP contribution is 1.99. The molecule has 0 heterocycles. The Kier molecular flexibility index (Phi) is 6.70. The van der Waals surface area contributed by atoms with Crippen molar-refractivity contribution < 1.29 is 19.4 Å². The zero-order chi connectivity index (χ0) is 9.40. The van der Waals surface area contributed by atoms with E-state index in [1.165, 1.54) is 0 Å². The summed E-state index contributed by atoms with van der Waals surface area (Å²) in [5.74, 6) is -0.920. The molecule has 1 unspecified atom stereocenters. The van der Waals surface area contributed by atoms with Crippen LogP contribution < -0.4 is 0 Å². The lowest BCUT2D eigenvalue weighted by Crippen LogP contribution is -2.25. The van der Waals surface area contributed by atoms with E-state index >= 15 is 0 Å². The molecule has 4 nitrogen and oxygen atoms in total. The predicted molar refractivity (Wildman–Crippen MR) is 44.2 cm³/mol. The molecule has 0 aromatic rings. The van der Waals surface area contributed by atoms with Gasteiger partial charge in [-0.1, -0.05) is 0 Å². The number of ether oxygens (including phenoxy) is 2. The molecule has 0 aliphatic carbocycles. The van der Waals surface area contributed by atoms with E-state index in [4.69, 9.17) is 14.6 Å². The first-order valence-electron chi connectivity index (χ1n) is 4.14. The fourth-order valence-electron chi connectivity index (χ4n) is 0.814. The summed E-state index contributed by atoms with van der Waals surface area (Å²) in [6.07, 6.45) is -0.307. The summed E-state index contributed by atoms with van der Waals surface area (Å²) in [5.41, 5.74) is 0. The van der Waals surface area contributed by atoms with Gasteiger partial charge in [-0.05, 0) is 13.8 Å². The lowest BCUT2D eigenvalue weighted by atomic mass is 10.2. The maximum Gasteiger partial charge on any atom is 0.332 e. The average Bonchev–Trinajstić information content (AvgIpc) is 2.03. The summed E-state index contributed by atoms with van der Waals surface area (Å²) >= 11 is 0. The largest absolute Gasteiger partial charge is 0.479 e. The molecule has 0 saturated carbocycles. The monoisotopic (exact) mass is 176 g/mol. The number of rotatable bonds is 7. The Hall–Kier alpha value is -0.610. The molecule has 1 atom stereocenters. The molecule has 72 valence electrons. The molecular weight excluding hydrogens is 160 g/mol. The van der Waals surface area contributed by atoms with Gasteiger partial charge in [0.25, 0.3) is 0 Å². The Morgan fingerprint density at radius 2 is 2.08 bits per heavy atom. The first-order chi connectivity index (χ1) is 5.72. The van der Waals surface area contributed by atoms with Crippen LogP contribution in [0.1, 0.15) is 20.3 Å². The van der Waals surface area contributed by atoms with E-state index in [9.17, 15) is 4.79 Å². The summed E-state index contributed by atoms with van der Waals surface area (Å²) < 4.78 is 9.99. The summed E-state index contributed by atoms with van der Waals surface area (Å²) in [4.78, 5) is 10.5. The molecular formula is C8H16O4. The number of carboxylic acid groups (broad SMARTS) is 1. The van der Waals surface area contributed by atoms with Crippen molar-refractivity contribution in [3.63, 3.8) is 0 Å². The highest BCUT2D eigenvalue weighted by molar-refractivity contribution is 5.72. The van der Waals surface area contributed by atoms with Crippen LogP contribution in [-0.4, -0.2) is 37.0 Å². The van der Waals surface area contributed by atoms with Crippen molar-refractivity contribution in [3.05, 3.63) is 0 Å². The summed E-state index contributed by atoms with van der Waals surface area (Å²) in [5, 5.41) is 8.62. The van der Waals surface area contributed by atoms with E-state index < -0.39 is 12.1 Å². The molecule has 1 N–H and O–H groups in total. The normalized spacial score (nSPS) is 12.8. The highest BCUT2D eigenvalue weighted by Gasteiger charge is 2.16. The van der Waals surface area contributed by atoms with Gasteiger partial charge in [-0.3, -0.25) is 0 Å². The van der Waals surface area contributed by atoms with E-state index in [2.05, 4.69) is 0 Å². The Morgan fingerprint density at radius 3 is 2.50 bits per heavy atom. The third-order valence-electron chi connectivity index (χ3n) is 1.37. The average molecular weight is 176 g/mol. The molecule has 0 saturated heterocycles. The van der Waals surface area contributed by atoms with E-state index in [1.807, 2.05) is 6.92 Å². The molecule has 0 aliphatic heterocycles. The van der Waals surface area contributed by atoms with Crippen LogP contribution in [0.25, 0.3) is 0 Å². The Morgan fingerprint density at radius 1 is 1.42 bits per heavy atom. The topological polar surface area (TPSA) is 55.8 Å². The van der Waals surface area contributed by atoms with Crippen molar-refractivity contribution in [1.29, 1.82) is 0 Å². The Balaban J connectivity index is 3.56. The summed E-state index contributed by atoms with van der Waals surface area (Å²) in [7, 11) is 0. The quantitative estimate of drug-likeness (QED) is 0.585. The van der Waals surface area contributed by atoms with E-state index in [0.29, 0.717) is 26.2 Å². The van der Waals surface area contributed by atoms with Crippen molar-refractivity contribution in [3.8, 4) is 0 Å². The van der Waals surface area contributed by atoms with Crippen molar-refractivity contribution in [2.24, 2.45) is 0 Å². The molecule has 0 fully saturated rings. The zero-order valence-corrected chi connectivity index (χ0v) is 7.58. The van der Waals surface area contributed by atoms with Gasteiger partial charge in [0.2, 0.25) is 0 Å². The van der Waals surface area contributed by atoms with Crippen molar-refractivity contribution in [2.45, 2.75) is 26.4 Å². The molecule has 0 radical (unpaired) electrons. The van der Waals surface area contributed by atoms with Crippen LogP contribution in [-0.2, 0) is 14.3 Å². The first-order valence-corrected chi connectivity index (χ1v) is 4.14. The molecule has 0 aromatic carbocycles. The van der Waals surface area contributed by atoms with Gasteiger partial charge in [-0.15, -0.1) is 0 Å². The van der Waals surface area contributed by atoms with Gasteiger partial charge in [0.1, 0.15) is 0 Å². The zero-order valence-electron chi connectivity index (χ0n) is 7.58. The third-order valence-corrected chi connectivity index (χ3v) is 1.37. The Bertz CT molecular complexity index is 124. The number of hydrogen-bond donors (Lipinski definition) is 1. The number of aliphatic carboxylic acids is 1. The summed E-state index contributed by atoms with van der Waals surface area (Å²) in [6.45, 7) is 5.11. The number of carbonyl (C=O) groups is 1. The molecule has 0 spiro atoms. The van der Waals surface area contributed by atoms with Gasteiger partial charge < -0.3 is 14.6 Å². The van der Waals surface area contributed by atoms with Crippen LogP contribution in [0.15, 0.2) is 0 Å². The van der Waals surface area contributed by atoms with Crippen LogP contribution in [0, 0.1) is 0 Å². The van der Waals surface area contributed by atoms with E-state index in [-0.39, 0.29) is 0 Å². The maximum absolute atomic E-state index is 10.5. The fourth-order valence-corrected chi connectivity index (χ4v) is 0.814. The van der Waals surface area contributed by atoms with Crippen LogP contribution in [0.5, 0.6) is 0 Å². The minimum absolute atomic E-state index is 0.414. The van der Waals surface area contributed by atoms with Gasteiger partial charge in [0, 0.05) is 26.2 Å². The SMILES string of the molecule is CCOCCC(OCC)C(=O)O. The fraction of sp³-hybridized carbons (Fsp3) is 0.875. The second kappa shape index (κ2) is 7.06. The molecule has 0 aliphatic rings. The van der Waals surface area contributed by atoms with Gasteiger partial charge >= 0.3 is 5.97 Å². The molecule has 12 heavy (non-hydrogen) atoms. The Labute approximate surface area is 72.5 Å². The second-order valence-electron chi connectivity index (χ2n) is 2.27. The van der Waals surface area contributed by atoms with Crippen molar-refractivity contribution >= 4 is 5.97 Å². The maximum atomic E-state index is 10.5. The van der Waals surface area contributed by atoms with E-state index in [1.54, 1.807) is 6.92 Å². The molecule has 4 heteroatoms. The minimum Gasteiger partial charge on any atom is -0.479 e. The standard InChI is InChI=1S/C8H16O4/c1-3-11-6-5-7(8(9)10)12-4-2/h7H,3-6H2,1-2H3,(H,9,10). The molecule has 0 aromatic heterocycles. The molecule has 0 amide bonds. The number of carboxylic acids is 1. The lowest BCUT2D eigenvalue weighted by molar-refractivity contribution is -0.151. The van der Waals surface area contributed by atoms with Gasteiger partial charge in [-0.25, -0.2) is 4.79 Å². The smallest absolute Gasteiger partial charge is 0.332 e. The van der Waals surface area contributed by atoms with Crippen LogP contribution in [0.2, 0.25) is 0 Å². The van der Waals surface area contributed by atoms with Crippen LogP contribution in [0.3, 0.4) is 0 Å². The van der Waals surface area contributed by atoms with Crippen molar-refractivity contribution in [1.82, 2.24) is 0 Å². The van der Waals surface area contributed by atoms with Crippen molar-refractivity contribution in [2.75, 3.05) is 19.8 Å². The summed E-state index contributed by atoms with van der Waals surface area (Å²) in [6, 6.07) is 0. The highest BCUT2D eigenvalue weighted by atomic mass is 16.5. The molecule has 0 rings (SSSR count). The number of hydrogen-bond acceptors (Lipinski definition) is 3. The van der Waals surface area contributed by atoms with Crippen LogP contribution >= 0.6 is 0 Å². The minimum atomic E-state index is -0.920. The second-order valence-corrected chi connectivity index (χ2v) is 2.27. The van der Waals surface area contributed by atoms with E-state index in [0.717, 1.165) is 0 Å².